The lowest BCUT2D eigenvalue weighted by atomic mass is 10.1. The van der Waals surface area contributed by atoms with Crippen LogP contribution in [-0.2, 0) is 0 Å². The molecule has 1 amide bonds. The summed E-state index contributed by atoms with van der Waals surface area (Å²) in [6.07, 6.45) is 0. The topological polar surface area (TPSA) is 92.4 Å². The Morgan fingerprint density at radius 2 is 2.00 bits per heavy atom. The van der Waals surface area contributed by atoms with E-state index < -0.39 is 11.9 Å². The molecule has 2 N–H and O–H groups in total. The largest absolute Gasteiger partial charge is 0.478 e. The highest BCUT2D eigenvalue weighted by atomic mass is 16.5. The van der Waals surface area contributed by atoms with Gasteiger partial charge in [0.05, 0.1) is 16.9 Å². The lowest BCUT2D eigenvalue weighted by Gasteiger charge is -2.07. The molecule has 1 aromatic carbocycles. The number of carbonyl (C=O) groups excluding carboxylic acids is 1. The van der Waals surface area contributed by atoms with E-state index in [9.17, 15) is 9.59 Å². The number of aromatic carboxylic acids is 1. The van der Waals surface area contributed by atoms with Gasteiger partial charge in [-0.05, 0) is 26.0 Å². The van der Waals surface area contributed by atoms with E-state index in [1.54, 1.807) is 26.0 Å². The highest BCUT2D eigenvalue weighted by Gasteiger charge is 2.16. The summed E-state index contributed by atoms with van der Waals surface area (Å²) in [6, 6.07) is 6.22. The maximum Gasteiger partial charge on any atom is 0.337 e. The van der Waals surface area contributed by atoms with E-state index in [2.05, 4.69) is 10.5 Å². The molecule has 0 spiro atoms. The third kappa shape index (κ3) is 2.79. The van der Waals surface area contributed by atoms with Crippen LogP contribution >= 0.6 is 0 Å². The summed E-state index contributed by atoms with van der Waals surface area (Å²) in [5.41, 5.74) is 1.63. The van der Waals surface area contributed by atoms with Crippen molar-refractivity contribution in [2.24, 2.45) is 0 Å². The van der Waals surface area contributed by atoms with Crippen molar-refractivity contribution in [3.63, 3.8) is 0 Å². The van der Waals surface area contributed by atoms with E-state index in [0.29, 0.717) is 5.69 Å². The Labute approximate surface area is 109 Å². The zero-order valence-corrected chi connectivity index (χ0v) is 10.4. The molecular formula is C13H12N2O4. The predicted octanol–water partition coefficient (Wildman–Crippen LogP) is 2.24. The molecule has 0 saturated heterocycles. The van der Waals surface area contributed by atoms with Crippen molar-refractivity contribution < 1.29 is 19.2 Å². The molecule has 0 aliphatic heterocycles. The van der Waals surface area contributed by atoms with Crippen LogP contribution in [0, 0.1) is 13.8 Å². The van der Waals surface area contributed by atoms with Gasteiger partial charge < -0.3 is 14.9 Å². The molecular weight excluding hydrogens is 248 g/mol. The summed E-state index contributed by atoms with van der Waals surface area (Å²) in [4.78, 5) is 23.0. The monoisotopic (exact) mass is 260 g/mol. The van der Waals surface area contributed by atoms with E-state index in [4.69, 9.17) is 9.63 Å². The van der Waals surface area contributed by atoms with Crippen molar-refractivity contribution in [1.29, 1.82) is 0 Å². The fraction of sp³-hybridized carbons (Fsp3) is 0.154. The standard InChI is InChI=1S/C13H12N2O4/c1-7-3-4-10(9(5-7)13(17)18)14-12(16)11-6-8(2)15-19-11/h3-6H,1-2H3,(H,14,16)(H,17,18). The Kier molecular flexibility index (Phi) is 3.33. The Hall–Kier alpha value is -2.63. The number of amides is 1. The van der Waals surface area contributed by atoms with E-state index in [0.717, 1.165) is 5.56 Å². The number of carboxylic acids is 1. The number of aromatic nitrogens is 1. The van der Waals surface area contributed by atoms with Crippen LogP contribution in [0.5, 0.6) is 0 Å². The Morgan fingerprint density at radius 3 is 2.58 bits per heavy atom. The number of hydrogen-bond acceptors (Lipinski definition) is 4. The Morgan fingerprint density at radius 1 is 1.26 bits per heavy atom. The first-order valence-corrected chi connectivity index (χ1v) is 5.56. The van der Waals surface area contributed by atoms with Crippen LogP contribution in [0.3, 0.4) is 0 Å². The predicted molar refractivity (Wildman–Crippen MR) is 67.3 cm³/mol. The summed E-state index contributed by atoms with van der Waals surface area (Å²) in [7, 11) is 0. The first-order valence-electron chi connectivity index (χ1n) is 5.56. The first kappa shape index (κ1) is 12.8. The number of nitrogens with zero attached hydrogens (tertiary/aromatic N) is 1. The second-order valence-electron chi connectivity index (χ2n) is 4.14. The van der Waals surface area contributed by atoms with Gasteiger partial charge in [-0.3, -0.25) is 4.79 Å². The summed E-state index contributed by atoms with van der Waals surface area (Å²) >= 11 is 0. The van der Waals surface area contributed by atoms with E-state index in [1.807, 2.05) is 0 Å². The average molecular weight is 260 g/mol. The van der Waals surface area contributed by atoms with Crippen LogP contribution in [0.25, 0.3) is 0 Å². The second kappa shape index (κ2) is 4.93. The number of aryl methyl sites for hydroxylation is 2. The van der Waals surface area contributed by atoms with Crippen LogP contribution in [0.1, 0.15) is 32.2 Å². The van der Waals surface area contributed by atoms with Gasteiger partial charge in [0, 0.05) is 6.07 Å². The number of anilines is 1. The molecule has 98 valence electrons. The highest BCUT2D eigenvalue weighted by molar-refractivity contribution is 6.06. The number of carboxylic acid groups (broad SMARTS) is 1. The van der Waals surface area contributed by atoms with Crippen molar-refractivity contribution in [2.75, 3.05) is 5.32 Å². The fourth-order valence-electron chi connectivity index (χ4n) is 1.60. The molecule has 0 aliphatic carbocycles. The average Bonchev–Trinajstić information content (AvgIpc) is 2.78. The van der Waals surface area contributed by atoms with Crippen molar-refractivity contribution in [2.45, 2.75) is 13.8 Å². The highest BCUT2D eigenvalue weighted by Crippen LogP contribution is 2.18. The van der Waals surface area contributed by atoms with Gasteiger partial charge in [0.1, 0.15) is 0 Å². The maximum atomic E-state index is 11.8. The smallest absolute Gasteiger partial charge is 0.337 e. The molecule has 6 nitrogen and oxygen atoms in total. The van der Waals surface area contributed by atoms with Crippen LogP contribution in [0.2, 0.25) is 0 Å². The van der Waals surface area contributed by atoms with Gasteiger partial charge in [-0.25, -0.2) is 4.79 Å². The molecule has 0 atom stereocenters. The molecule has 0 saturated carbocycles. The number of benzene rings is 1. The lowest BCUT2D eigenvalue weighted by molar-refractivity contribution is 0.0698. The Balaban J connectivity index is 2.28. The number of rotatable bonds is 3. The van der Waals surface area contributed by atoms with Crippen LogP contribution < -0.4 is 5.32 Å². The molecule has 0 fully saturated rings. The van der Waals surface area contributed by atoms with Crippen molar-refractivity contribution in [3.8, 4) is 0 Å². The van der Waals surface area contributed by atoms with E-state index in [-0.39, 0.29) is 17.0 Å². The first-order chi connectivity index (χ1) is 8.97. The summed E-state index contributed by atoms with van der Waals surface area (Å²) in [6.45, 7) is 3.46. The van der Waals surface area contributed by atoms with Crippen LogP contribution in [-0.4, -0.2) is 22.1 Å². The van der Waals surface area contributed by atoms with Crippen LogP contribution in [0.4, 0.5) is 5.69 Å². The van der Waals surface area contributed by atoms with Gasteiger partial charge in [0.25, 0.3) is 5.91 Å². The maximum absolute atomic E-state index is 11.8. The third-order valence-corrected chi connectivity index (χ3v) is 2.51. The van der Waals surface area contributed by atoms with Gasteiger partial charge in [0.15, 0.2) is 0 Å². The minimum absolute atomic E-state index is 0.0320. The molecule has 19 heavy (non-hydrogen) atoms. The van der Waals surface area contributed by atoms with E-state index in [1.165, 1.54) is 12.1 Å². The van der Waals surface area contributed by atoms with E-state index >= 15 is 0 Å². The molecule has 1 heterocycles. The molecule has 2 rings (SSSR count). The number of carbonyl (C=O) groups is 2. The van der Waals surface area contributed by atoms with Crippen LogP contribution in [0.15, 0.2) is 28.8 Å². The van der Waals surface area contributed by atoms with Gasteiger partial charge in [0.2, 0.25) is 5.76 Å². The molecule has 6 heteroatoms. The Bertz CT molecular complexity index is 646. The minimum Gasteiger partial charge on any atom is -0.478 e. The number of hydrogen-bond donors (Lipinski definition) is 2. The van der Waals surface area contributed by atoms with Gasteiger partial charge in [-0.15, -0.1) is 0 Å². The second-order valence-corrected chi connectivity index (χ2v) is 4.14. The molecule has 0 unspecified atom stereocenters. The van der Waals surface area contributed by atoms with Crippen molar-refractivity contribution in [3.05, 3.63) is 46.8 Å². The van der Waals surface area contributed by atoms with Gasteiger partial charge in [-0.2, -0.15) is 0 Å². The lowest BCUT2D eigenvalue weighted by Crippen LogP contribution is -2.14. The number of nitrogens with one attached hydrogen (secondary N) is 1. The molecule has 0 aliphatic rings. The van der Waals surface area contributed by atoms with Gasteiger partial charge in [-0.1, -0.05) is 16.8 Å². The third-order valence-electron chi connectivity index (χ3n) is 2.51. The summed E-state index contributed by atoms with van der Waals surface area (Å²) in [5, 5.41) is 15.2. The zero-order chi connectivity index (χ0) is 14.0. The summed E-state index contributed by atoms with van der Waals surface area (Å²) < 4.78 is 4.81. The molecule has 0 radical (unpaired) electrons. The van der Waals surface area contributed by atoms with Crippen molar-refractivity contribution >= 4 is 17.6 Å². The zero-order valence-electron chi connectivity index (χ0n) is 10.4. The molecule has 2 aromatic rings. The molecule has 0 bridgehead atoms. The normalized spacial score (nSPS) is 10.2. The van der Waals surface area contributed by atoms with Gasteiger partial charge >= 0.3 is 5.97 Å². The minimum atomic E-state index is -1.10. The quantitative estimate of drug-likeness (QED) is 0.882. The fourth-order valence-corrected chi connectivity index (χ4v) is 1.60. The van der Waals surface area contributed by atoms with Crippen molar-refractivity contribution in [1.82, 2.24) is 5.16 Å². The SMILES string of the molecule is Cc1ccc(NC(=O)c2cc(C)no2)c(C(=O)O)c1. The molecule has 1 aromatic heterocycles. The summed E-state index contributed by atoms with van der Waals surface area (Å²) in [5.74, 6) is -1.60.